The van der Waals surface area contributed by atoms with E-state index in [0.717, 1.165) is 41.3 Å². The zero-order chi connectivity index (χ0) is 20.5. The van der Waals surface area contributed by atoms with Crippen LogP contribution in [-0.4, -0.2) is 37.4 Å². The minimum Gasteiger partial charge on any atom is -0.497 e. The zero-order valence-electron chi connectivity index (χ0n) is 15.5. The second-order valence-electron chi connectivity index (χ2n) is 5.88. The largest absolute Gasteiger partial charge is 0.497 e. The van der Waals surface area contributed by atoms with E-state index in [1.807, 2.05) is 24.3 Å². The highest BCUT2D eigenvalue weighted by Gasteiger charge is 2.18. The highest BCUT2D eigenvalue weighted by atomic mass is 32.2. The molecule has 0 fully saturated rings. The molecule has 0 aliphatic carbocycles. The summed E-state index contributed by atoms with van der Waals surface area (Å²) in [6.45, 7) is 1.84. The first-order valence-corrected chi connectivity index (χ1v) is 9.55. The van der Waals surface area contributed by atoms with Crippen LogP contribution in [0.3, 0.4) is 0 Å². The Bertz CT molecular complexity index is 814. The van der Waals surface area contributed by atoms with Crippen LogP contribution >= 0.6 is 11.8 Å². The number of ether oxygens (including phenoxy) is 2. The molecule has 0 saturated heterocycles. The molecule has 0 aromatic heterocycles. The first-order chi connectivity index (χ1) is 13.4. The molecule has 0 aliphatic rings. The van der Waals surface area contributed by atoms with Crippen LogP contribution in [0, 0.1) is 11.6 Å². The summed E-state index contributed by atoms with van der Waals surface area (Å²) in [7, 11) is 1.59. The summed E-state index contributed by atoms with van der Waals surface area (Å²) in [4.78, 5) is 23.9. The number of rotatable bonds is 9. The monoisotopic (exact) mass is 409 g/mol. The quantitative estimate of drug-likeness (QED) is 0.508. The highest BCUT2D eigenvalue weighted by molar-refractivity contribution is 8.00. The van der Waals surface area contributed by atoms with Gasteiger partial charge in [0.25, 0.3) is 5.91 Å². The van der Waals surface area contributed by atoms with Crippen LogP contribution in [0.4, 0.5) is 8.78 Å². The van der Waals surface area contributed by atoms with Crippen molar-refractivity contribution in [2.24, 2.45) is 0 Å². The van der Waals surface area contributed by atoms with Gasteiger partial charge < -0.3 is 14.8 Å². The van der Waals surface area contributed by atoms with Crippen LogP contribution in [0.1, 0.15) is 12.5 Å². The lowest BCUT2D eigenvalue weighted by atomic mass is 10.1. The number of halogens is 2. The molecule has 0 heterocycles. The third-order valence-electron chi connectivity index (χ3n) is 3.79. The lowest BCUT2D eigenvalue weighted by molar-refractivity contribution is -0.152. The minimum atomic E-state index is -0.985. The van der Waals surface area contributed by atoms with Crippen molar-refractivity contribution in [1.29, 1.82) is 0 Å². The lowest BCUT2D eigenvalue weighted by Crippen LogP contribution is -2.37. The molecule has 1 N–H and O–H groups in total. The van der Waals surface area contributed by atoms with Gasteiger partial charge in [0.1, 0.15) is 17.4 Å². The van der Waals surface area contributed by atoms with Gasteiger partial charge in [0, 0.05) is 11.4 Å². The van der Waals surface area contributed by atoms with Gasteiger partial charge in [-0.15, -0.1) is 11.8 Å². The molecule has 0 radical (unpaired) electrons. The van der Waals surface area contributed by atoms with E-state index < -0.39 is 29.6 Å². The second kappa shape index (κ2) is 10.7. The van der Waals surface area contributed by atoms with Crippen molar-refractivity contribution in [3.8, 4) is 5.75 Å². The molecule has 150 valence electrons. The summed E-state index contributed by atoms with van der Waals surface area (Å²) < 4.78 is 36.7. The smallest absolute Gasteiger partial charge is 0.317 e. The third kappa shape index (κ3) is 6.84. The van der Waals surface area contributed by atoms with Crippen LogP contribution < -0.4 is 10.1 Å². The molecule has 0 saturated carbocycles. The van der Waals surface area contributed by atoms with Crippen LogP contribution in [0.5, 0.6) is 5.75 Å². The summed E-state index contributed by atoms with van der Waals surface area (Å²) in [6.07, 6.45) is -0.369. The number of amides is 1. The fraction of sp³-hybridized carbons (Fsp3) is 0.300. The first-order valence-electron chi connectivity index (χ1n) is 8.57. The molecule has 28 heavy (non-hydrogen) atoms. The first kappa shape index (κ1) is 21.7. The molecule has 2 rings (SSSR count). The summed E-state index contributed by atoms with van der Waals surface area (Å²) >= 11 is 0.810. The van der Waals surface area contributed by atoms with Crippen molar-refractivity contribution < 1.29 is 27.8 Å². The average Bonchev–Trinajstić information content (AvgIpc) is 2.69. The number of esters is 1. The summed E-state index contributed by atoms with van der Waals surface area (Å²) in [5, 5.41) is 2.69. The Morgan fingerprint density at radius 3 is 2.54 bits per heavy atom. The number of nitrogens with one attached hydrogen (secondary N) is 1. The number of hydrogen-bond donors (Lipinski definition) is 1. The number of thioether (sulfide) groups is 1. The summed E-state index contributed by atoms with van der Waals surface area (Å²) in [5.74, 6) is -1.81. The van der Waals surface area contributed by atoms with E-state index in [9.17, 15) is 18.4 Å². The van der Waals surface area contributed by atoms with Crippen molar-refractivity contribution in [3.05, 3.63) is 59.7 Å². The van der Waals surface area contributed by atoms with Crippen LogP contribution in [-0.2, 0) is 20.7 Å². The topological polar surface area (TPSA) is 64.6 Å². The SMILES string of the molecule is COc1ccc(CCNC(=O)[C@@H](C)OC(=O)CSc2cc(F)ccc2F)cc1. The van der Waals surface area contributed by atoms with Gasteiger partial charge in [-0.05, 0) is 49.2 Å². The van der Waals surface area contributed by atoms with Crippen molar-refractivity contribution >= 4 is 23.6 Å². The van der Waals surface area contributed by atoms with Crippen molar-refractivity contribution in [2.75, 3.05) is 19.4 Å². The number of methoxy groups -OCH3 is 1. The predicted octanol–water partition coefficient (Wildman–Crippen LogP) is 3.36. The maximum atomic E-state index is 13.5. The number of benzene rings is 2. The molecule has 1 atom stereocenters. The number of hydrogen-bond acceptors (Lipinski definition) is 5. The van der Waals surface area contributed by atoms with E-state index in [1.54, 1.807) is 7.11 Å². The third-order valence-corrected chi connectivity index (χ3v) is 4.79. The number of carbonyl (C=O) groups excluding carboxylic acids is 2. The van der Waals surface area contributed by atoms with Gasteiger partial charge in [-0.1, -0.05) is 12.1 Å². The van der Waals surface area contributed by atoms with Crippen LogP contribution in [0.15, 0.2) is 47.4 Å². The van der Waals surface area contributed by atoms with Gasteiger partial charge >= 0.3 is 5.97 Å². The van der Waals surface area contributed by atoms with E-state index in [0.29, 0.717) is 13.0 Å². The lowest BCUT2D eigenvalue weighted by Gasteiger charge is -2.13. The molecule has 0 spiro atoms. The molecular weight excluding hydrogens is 388 g/mol. The van der Waals surface area contributed by atoms with Gasteiger partial charge in [-0.3, -0.25) is 9.59 Å². The van der Waals surface area contributed by atoms with E-state index in [2.05, 4.69) is 5.32 Å². The number of carbonyl (C=O) groups is 2. The standard InChI is InChI=1S/C20H21F2NO4S/c1-13(20(25)23-10-9-14-3-6-16(26-2)7-4-14)27-19(24)12-28-18-11-15(21)5-8-17(18)22/h3-8,11,13H,9-10,12H2,1-2H3,(H,23,25)/t13-/m1/s1. The average molecular weight is 409 g/mol. The fourth-order valence-corrected chi connectivity index (χ4v) is 3.02. The van der Waals surface area contributed by atoms with Crippen LogP contribution in [0.25, 0.3) is 0 Å². The Kier molecular flexibility index (Phi) is 8.25. The molecule has 0 bridgehead atoms. The van der Waals surface area contributed by atoms with Gasteiger partial charge in [-0.25, -0.2) is 8.78 Å². The fourth-order valence-electron chi connectivity index (χ4n) is 2.28. The van der Waals surface area contributed by atoms with Gasteiger partial charge in [0.05, 0.1) is 12.9 Å². The molecule has 1 amide bonds. The Hall–Kier alpha value is -2.61. The molecule has 0 aliphatic heterocycles. The van der Waals surface area contributed by atoms with Gasteiger partial charge in [0.15, 0.2) is 6.10 Å². The summed E-state index contributed by atoms with van der Waals surface area (Å²) in [5.41, 5.74) is 1.03. The normalized spacial score (nSPS) is 11.6. The highest BCUT2D eigenvalue weighted by Crippen LogP contribution is 2.22. The molecule has 8 heteroatoms. The maximum absolute atomic E-state index is 13.5. The van der Waals surface area contributed by atoms with E-state index >= 15 is 0 Å². The maximum Gasteiger partial charge on any atom is 0.317 e. The molecule has 2 aromatic rings. The summed E-state index contributed by atoms with van der Waals surface area (Å²) in [6, 6.07) is 10.5. The van der Waals surface area contributed by atoms with Crippen LogP contribution in [0.2, 0.25) is 0 Å². The van der Waals surface area contributed by atoms with Gasteiger partial charge in [0.2, 0.25) is 0 Å². The van der Waals surface area contributed by atoms with Gasteiger partial charge in [-0.2, -0.15) is 0 Å². The Morgan fingerprint density at radius 1 is 1.14 bits per heavy atom. The Morgan fingerprint density at radius 2 is 1.86 bits per heavy atom. The zero-order valence-corrected chi connectivity index (χ0v) is 16.4. The Labute approximate surface area is 166 Å². The van der Waals surface area contributed by atoms with E-state index in [4.69, 9.17) is 9.47 Å². The molecular formula is C20H21F2NO4S. The molecule has 2 aromatic carbocycles. The second-order valence-corrected chi connectivity index (χ2v) is 6.90. The molecule has 0 unspecified atom stereocenters. The molecule has 5 nitrogen and oxygen atoms in total. The van der Waals surface area contributed by atoms with E-state index in [1.165, 1.54) is 6.92 Å². The van der Waals surface area contributed by atoms with Crippen molar-refractivity contribution in [3.63, 3.8) is 0 Å². The van der Waals surface area contributed by atoms with Crippen molar-refractivity contribution in [2.45, 2.75) is 24.3 Å². The van der Waals surface area contributed by atoms with E-state index in [-0.39, 0.29) is 10.6 Å². The Balaban J connectivity index is 1.71. The predicted molar refractivity (Wildman–Crippen MR) is 102 cm³/mol. The minimum absolute atomic E-state index is 0.00791. The van der Waals surface area contributed by atoms with Crippen molar-refractivity contribution in [1.82, 2.24) is 5.32 Å².